The van der Waals surface area contributed by atoms with Crippen LogP contribution in [0.3, 0.4) is 0 Å². The van der Waals surface area contributed by atoms with Crippen LogP contribution in [0.25, 0.3) is 0 Å². The van der Waals surface area contributed by atoms with Gasteiger partial charge in [0, 0.05) is 6.04 Å². The van der Waals surface area contributed by atoms with Crippen LogP contribution in [0.1, 0.15) is 59.3 Å². The number of aliphatic hydroxyl groups excluding tert-OH is 1. The Morgan fingerprint density at radius 2 is 1.95 bits per heavy atom. The third-order valence-corrected chi connectivity index (χ3v) is 3.58. The first kappa shape index (κ1) is 17.0. The number of carbonyl (C=O) groups excluding carboxylic acids is 1. The molecule has 0 heterocycles. The predicted octanol–water partition coefficient (Wildman–Crippen LogP) is 3.40. The SMILES string of the molecule is CC(C)(C)OC(=O)NC(C/C=C\CO)C1CCCCC1. The van der Waals surface area contributed by atoms with E-state index in [0.29, 0.717) is 5.92 Å². The maximum atomic E-state index is 11.9. The molecule has 1 unspecified atom stereocenters. The van der Waals surface area contributed by atoms with Gasteiger partial charge in [-0.1, -0.05) is 31.4 Å². The van der Waals surface area contributed by atoms with Crippen LogP contribution in [-0.4, -0.2) is 29.4 Å². The van der Waals surface area contributed by atoms with Crippen molar-refractivity contribution in [3.8, 4) is 0 Å². The Morgan fingerprint density at radius 3 is 2.50 bits per heavy atom. The van der Waals surface area contributed by atoms with E-state index < -0.39 is 5.60 Å². The van der Waals surface area contributed by atoms with E-state index in [0.717, 1.165) is 19.3 Å². The maximum Gasteiger partial charge on any atom is 0.407 e. The molecule has 0 aromatic carbocycles. The summed E-state index contributed by atoms with van der Waals surface area (Å²) in [6.07, 6.45) is 10.2. The monoisotopic (exact) mass is 283 g/mol. The van der Waals surface area contributed by atoms with E-state index in [1.165, 1.54) is 19.3 Å². The largest absolute Gasteiger partial charge is 0.444 e. The number of alkyl carbamates (subject to hydrolysis) is 1. The quantitative estimate of drug-likeness (QED) is 0.760. The van der Waals surface area contributed by atoms with Gasteiger partial charge in [0.15, 0.2) is 0 Å². The van der Waals surface area contributed by atoms with Crippen molar-refractivity contribution in [3.63, 3.8) is 0 Å². The Labute approximate surface area is 122 Å². The first-order valence-electron chi connectivity index (χ1n) is 7.68. The van der Waals surface area contributed by atoms with Crippen LogP contribution >= 0.6 is 0 Å². The molecular weight excluding hydrogens is 254 g/mol. The molecular formula is C16H29NO3. The Balaban J connectivity index is 2.56. The lowest BCUT2D eigenvalue weighted by Crippen LogP contribution is -2.43. The van der Waals surface area contributed by atoms with Crippen LogP contribution in [0.5, 0.6) is 0 Å². The Kier molecular flexibility index (Phi) is 7.06. The summed E-state index contributed by atoms with van der Waals surface area (Å²) in [4.78, 5) is 11.9. The molecule has 1 rings (SSSR count). The number of hydrogen-bond acceptors (Lipinski definition) is 3. The van der Waals surface area contributed by atoms with Crippen molar-refractivity contribution in [2.75, 3.05) is 6.61 Å². The van der Waals surface area contributed by atoms with E-state index in [1.54, 1.807) is 6.08 Å². The van der Waals surface area contributed by atoms with E-state index in [9.17, 15) is 4.79 Å². The second kappa shape index (κ2) is 8.30. The zero-order valence-electron chi connectivity index (χ0n) is 13.0. The Morgan fingerprint density at radius 1 is 1.30 bits per heavy atom. The summed E-state index contributed by atoms with van der Waals surface area (Å²) in [6, 6.07) is 0.105. The second-order valence-corrected chi connectivity index (χ2v) is 6.54. The molecule has 0 bridgehead atoms. The van der Waals surface area contributed by atoms with Gasteiger partial charge in [-0.3, -0.25) is 0 Å². The minimum absolute atomic E-state index is 0.0455. The number of amides is 1. The molecule has 0 aliphatic heterocycles. The van der Waals surface area contributed by atoms with Gasteiger partial charge in [0.1, 0.15) is 5.60 Å². The van der Waals surface area contributed by atoms with Gasteiger partial charge in [0.2, 0.25) is 0 Å². The highest BCUT2D eigenvalue weighted by molar-refractivity contribution is 5.68. The van der Waals surface area contributed by atoms with Gasteiger partial charge in [-0.05, 0) is 46.0 Å². The zero-order chi connectivity index (χ0) is 15.0. The van der Waals surface area contributed by atoms with Gasteiger partial charge in [-0.2, -0.15) is 0 Å². The average Bonchev–Trinajstić information content (AvgIpc) is 2.37. The number of carbonyl (C=O) groups is 1. The van der Waals surface area contributed by atoms with Gasteiger partial charge in [-0.25, -0.2) is 4.79 Å². The van der Waals surface area contributed by atoms with Gasteiger partial charge < -0.3 is 15.2 Å². The standard InChI is InChI=1S/C16H29NO3/c1-16(2,3)20-15(19)17-14(11-7-8-12-18)13-9-5-4-6-10-13/h7-8,13-14,18H,4-6,9-12H2,1-3H3,(H,17,19)/b8-7-. The van der Waals surface area contributed by atoms with Crippen LogP contribution in [0.4, 0.5) is 4.79 Å². The van der Waals surface area contributed by atoms with Crippen LogP contribution in [-0.2, 0) is 4.74 Å². The molecule has 2 N–H and O–H groups in total. The molecule has 1 aliphatic rings. The average molecular weight is 283 g/mol. The zero-order valence-corrected chi connectivity index (χ0v) is 13.0. The molecule has 0 radical (unpaired) electrons. The lowest BCUT2D eigenvalue weighted by atomic mass is 9.82. The number of hydrogen-bond donors (Lipinski definition) is 2. The predicted molar refractivity (Wildman–Crippen MR) is 80.6 cm³/mol. The molecule has 4 nitrogen and oxygen atoms in total. The summed E-state index contributed by atoms with van der Waals surface area (Å²) < 4.78 is 5.34. The van der Waals surface area contributed by atoms with Crippen molar-refractivity contribution in [3.05, 3.63) is 12.2 Å². The summed E-state index contributed by atoms with van der Waals surface area (Å²) in [5, 5.41) is 11.8. The van der Waals surface area contributed by atoms with Gasteiger partial charge in [-0.15, -0.1) is 0 Å². The molecule has 1 amide bonds. The van der Waals surface area contributed by atoms with Crippen LogP contribution < -0.4 is 5.32 Å². The lowest BCUT2D eigenvalue weighted by molar-refractivity contribution is 0.0478. The molecule has 0 saturated heterocycles. The number of ether oxygens (including phenoxy) is 1. The van der Waals surface area contributed by atoms with Gasteiger partial charge >= 0.3 is 6.09 Å². The molecule has 0 aromatic rings. The van der Waals surface area contributed by atoms with Crippen molar-refractivity contribution in [2.24, 2.45) is 5.92 Å². The van der Waals surface area contributed by atoms with Crippen LogP contribution in [0.2, 0.25) is 0 Å². The number of rotatable bonds is 5. The first-order chi connectivity index (χ1) is 9.42. The molecule has 0 spiro atoms. The molecule has 20 heavy (non-hydrogen) atoms. The van der Waals surface area contributed by atoms with Crippen molar-refractivity contribution >= 4 is 6.09 Å². The van der Waals surface area contributed by atoms with E-state index in [-0.39, 0.29) is 18.7 Å². The molecule has 4 heteroatoms. The van der Waals surface area contributed by atoms with Crippen molar-refractivity contribution < 1.29 is 14.6 Å². The van der Waals surface area contributed by atoms with Gasteiger partial charge in [0.05, 0.1) is 6.61 Å². The minimum Gasteiger partial charge on any atom is -0.444 e. The van der Waals surface area contributed by atoms with E-state index in [1.807, 2.05) is 26.8 Å². The molecule has 1 saturated carbocycles. The summed E-state index contributed by atoms with van der Waals surface area (Å²) >= 11 is 0. The van der Waals surface area contributed by atoms with Gasteiger partial charge in [0.25, 0.3) is 0 Å². The number of nitrogens with one attached hydrogen (secondary N) is 1. The Hall–Kier alpha value is -1.03. The fourth-order valence-corrected chi connectivity index (χ4v) is 2.68. The summed E-state index contributed by atoms with van der Waals surface area (Å²) in [5.41, 5.74) is -0.470. The topological polar surface area (TPSA) is 58.6 Å². The van der Waals surface area contributed by atoms with Crippen molar-refractivity contribution in [2.45, 2.75) is 70.9 Å². The fraction of sp³-hybridized carbons (Fsp3) is 0.812. The summed E-state index contributed by atoms with van der Waals surface area (Å²) in [6.45, 7) is 5.65. The Bertz CT molecular complexity index is 314. The van der Waals surface area contributed by atoms with Crippen molar-refractivity contribution in [1.29, 1.82) is 0 Å². The third kappa shape index (κ3) is 6.94. The molecule has 1 atom stereocenters. The molecule has 1 fully saturated rings. The third-order valence-electron chi connectivity index (χ3n) is 3.58. The fourth-order valence-electron chi connectivity index (χ4n) is 2.68. The number of aliphatic hydroxyl groups is 1. The molecule has 1 aliphatic carbocycles. The smallest absolute Gasteiger partial charge is 0.407 e. The van der Waals surface area contributed by atoms with E-state index in [2.05, 4.69) is 5.32 Å². The normalized spacial score (nSPS) is 19.0. The summed E-state index contributed by atoms with van der Waals surface area (Å²) in [7, 11) is 0. The highest BCUT2D eigenvalue weighted by Gasteiger charge is 2.26. The molecule has 116 valence electrons. The summed E-state index contributed by atoms with van der Waals surface area (Å²) in [5.74, 6) is 0.514. The van der Waals surface area contributed by atoms with Crippen LogP contribution in [0, 0.1) is 5.92 Å². The first-order valence-corrected chi connectivity index (χ1v) is 7.68. The molecule has 0 aromatic heterocycles. The second-order valence-electron chi connectivity index (χ2n) is 6.54. The van der Waals surface area contributed by atoms with Crippen molar-refractivity contribution in [1.82, 2.24) is 5.32 Å². The highest BCUT2D eigenvalue weighted by Crippen LogP contribution is 2.28. The highest BCUT2D eigenvalue weighted by atomic mass is 16.6. The lowest BCUT2D eigenvalue weighted by Gasteiger charge is -2.31. The van der Waals surface area contributed by atoms with E-state index >= 15 is 0 Å². The minimum atomic E-state index is -0.470. The maximum absolute atomic E-state index is 11.9. The van der Waals surface area contributed by atoms with Crippen LogP contribution in [0.15, 0.2) is 12.2 Å². The van der Waals surface area contributed by atoms with E-state index in [4.69, 9.17) is 9.84 Å².